The molecule has 0 fully saturated rings. The predicted molar refractivity (Wildman–Crippen MR) is 139 cm³/mol. The number of amidine groups is 1. The lowest BCUT2D eigenvalue weighted by Gasteiger charge is -2.36. The number of fused-ring (bicyclic) bond motifs is 1. The van der Waals surface area contributed by atoms with Gasteiger partial charge in [0, 0.05) is 12.8 Å². The third kappa shape index (κ3) is 5.74. The lowest BCUT2D eigenvalue weighted by Crippen LogP contribution is -2.38. The lowest BCUT2D eigenvalue weighted by molar-refractivity contribution is -0.141. The summed E-state index contributed by atoms with van der Waals surface area (Å²) < 4.78 is 15.9. The number of nitrogens with one attached hydrogen (secondary N) is 1. The number of benzene rings is 1. The number of esters is 1. The molecule has 9 heteroatoms. The topological polar surface area (TPSA) is 93.4 Å². The maximum absolute atomic E-state index is 13.2. The van der Waals surface area contributed by atoms with E-state index in [1.165, 1.54) is 17.3 Å². The van der Waals surface area contributed by atoms with Crippen molar-refractivity contribution in [3.63, 3.8) is 0 Å². The molecule has 0 saturated carbocycles. The van der Waals surface area contributed by atoms with Crippen LogP contribution in [-0.4, -0.2) is 42.3 Å². The van der Waals surface area contributed by atoms with E-state index in [0.717, 1.165) is 16.4 Å². The minimum absolute atomic E-state index is 0.137. The highest BCUT2D eigenvalue weighted by Gasteiger charge is 2.41. The molecule has 1 N–H and O–H groups in total. The van der Waals surface area contributed by atoms with Crippen molar-refractivity contribution >= 4 is 28.8 Å². The van der Waals surface area contributed by atoms with Crippen LogP contribution in [0.5, 0.6) is 0 Å². The number of allylic oxidation sites excluding steroid dienone is 1. The van der Waals surface area contributed by atoms with Crippen LogP contribution in [0.1, 0.15) is 56.0 Å². The fraction of sp³-hybridized carbons (Fsp3) is 0.370. The maximum atomic E-state index is 13.2. The summed E-state index contributed by atoms with van der Waals surface area (Å²) in [7, 11) is 1.56. The number of carbonyl (C=O) groups excluding carboxylic acids is 2. The Morgan fingerprint density at radius 1 is 1.19 bits per heavy atom. The summed E-state index contributed by atoms with van der Waals surface area (Å²) in [5, 5.41) is 5.55. The number of rotatable bonds is 10. The van der Waals surface area contributed by atoms with E-state index < -0.39 is 12.0 Å². The number of amides is 1. The zero-order valence-corrected chi connectivity index (χ0v) is 21.8. The molecule has 1 atom stereocenters. The molecule has 1 unspecified atom stereocenters. The van der Waals surface area contributed by atoms with Gasteiger partial charge in [-0.3, -0.25) is 4.79 Å². The van der Waals surface area contributed by atoms with Gasteiger partial charge in [-0.05, 0) is 41.5 Å². The fourth-order valence-electron chi connectivity index (χ4n) is 4.13. The molecule has 8 nitrogen and oxygen atoms in total. The Bertz CT molecular complexity index is 1180. The quantitative estimate of drug-likeness (QED) is 0.361. The Labute approximate surface area is 215 Å². The highest BCUT2D eigenvalue weighted by atomic mass is 32.2. The van der Waals surface area contributed by atoms with Crippen LogP contribution in [0, 0.1) is 0 Å². The highest BCUT2D eigenvalue weighted by molar-refractivity contribution is 8.16. The Balaban J connectivity index is 1.62. The van der Waals surface area contributed by atoms with Crippen molar-refractivity contribution in [3.8, 4) is 0 Å². The van der Waals surface area contributed by atoms with Crippen LogP contribution in [0.4, 0.5) is 0 Å². The van der Waals surface area contributed by atoms with Crippen molar-refractivity contribution in [2.45, 2.75) is 45.7 Å². The van der Waals surface area contributed by atoms with Crippen molar-refractivity contribution < 1.29 is 23.5 Å². The number of methoxy groups -OCH3 is 1. The minimum atomic E-state index is -0.465. The molecule has 0 saturated heterocycles. The molecule has 2 aliphatic rings. The lowest BCUT2D eigenvalue weighted by atomic mass is 9.92. The summed E-state index contributed by atoms with van der Waals surface area (Å²) in [6.07, 6.45) is 1.71. The van der Waals surface area contributed by atoms with Crippen molar-refractivity contribution in [3.05, 3.63) is 81.9 Å². The number of carbonyl (C=O) groups is 2. The van der Waals surface area contributed by atoms with E-state index in [9.17, 15) is 9.59 Å². The third-order valence-electron chi connectivity index (χ3n) is 6.04. The molecule has 1 aromatic heterocycles. The van der Waals surface area contributed by atoms with E-state index in [1.54, 1.807) is 19.4 Å². The highest BCUT2D eigenvalue weighted by Crippen LogP contribution is 2.45. The van der Waals surface area contributed by atoms with Crippen LogP contribution in [0.3, 0.4) is 0 Å². The second kappa shape index (κ2) is 11.6. The summed E-state index contributed by atoms with van der Waals surface area (Å²) in [5.74, 6) is 0.475. The van der Waals surface area contributed by atoms with Gasteiger partial charge in [0.05, 0.1) is 43.1 Å². The van der Waals surface area contributed by atoms with Gasteiger partial charge in [0.2, 0.25) is 5.91 Å². The second-order valence-corrected chi connectivity index (χ2v) is 9.71. The molecule has 36 heavy (non-hydrogen) atoms. The normalized spacial score (nSPS) is 17.1. The van der Waals surface area contributed by atoms with E-state index in [-0.39, 0.29) is 18.9 Å². The Kier molecular flexibility index (Phi) is 8.32. The zero-order chi connectivity index (χ0) is 25.7. The molecule has 0 aliphatic carbocycles. The predicted octanol–water partition coefficient (Wildman–Crippen LogP) is 4.87. The first-order valence-corrected chi connectivity index (χ1v) is 12.8. The number of hydrogen-bond acceptors (Lipinski definition) is 8. The van der Waals surface area contributed by atoms with Crippen LogP contribution in [-0.2, 0) is 25.6 Å². The maximum Gasteiger partial charge on any atom is 0.338 e. The molecule has 2 aliphatic heterocycles. The Hall–Kier alpha value is -3.30. The summed E-state index contributed by atoms with van der Waals surface area (Å²) in [5.41, 5.74) is 3.96. The van der Waals surface area contributed by atoms with Crippen LogP contribution >= 0.6 is 11.8 Å². The van der Waals surface area contributed by atoms with E-state index >= 15 is 0 Å². The molecule has 0 bridgehead atoms. The van der Waals surface area contributed by atoms with Gasteiger partial charge >= 0.3 is 5.97 Å². The molecule has 3 heterocycles. The third-order valence-corrected chi connectivity index (χ3v) is 6.93. The van der Waals surface area contributed by atoms with Crippen LogP contribution < -0.4 is 5.32 Å². The van der Waals surface area contributed by atoms with Gasteiger partial charge in [-0.15, -0.1) is 0 Å². The van der Waals surface area contributed by atoms with E-state index in [1.807, 2.05) is 35.4 Å². The minimum Gasteiger partial charge on any atom is -0.467 e. The molecule has 0 spiro atoms. The van der Waals surface area contributed by atoms with Gasteiger partial charge in [-0.1, -0.05) is 49.9 Å². The zero-order valence-electron chi connectivity index (χ0n) is 20.9. The molecule has 1 aromatic carbocycles. The number of thioether (sulfide) groups is 1. The van der Waals surface area contributed by atoms with Gasteiger partial charge in [-0.25, -0.2) is 9.79 Å². The van der Waals surface area contributed by atoms with Gasteiger partial charge in [0.25, 0.3) is 0 Å². The molecule has 2 aromatic rings. The van der Waals surface area contributed by atoms with E-state index in [4.69, 9.17) is 18.9 Å². The fourth-order valence-corrected chi connectivity index (χ4v) is 5.09. The molecule has 0 radical (unpaired) electrons. The summed E-state index contributed by atoms with van der Waals surface area (Å²) in [6, 6.07) is 11.4. The molecule has 190 valence electrons. The molecular weight excluding hydrogens is 478 g/mol. The first-order chi connectivity index (χ1) is 17.4. The van der Waals surface area contributed by atoms with E-state index in [0.29, 0.717) is 36.1 Å². The van der Waals surface area contributed by atoms with Crippen molar-refractivity contribution in [2.24, 2.45) is 4.99 Å². The number of ether oxygens (including phenoxy) is 2. The standard InChI is InChI=1S/C27H31N3O5S/c1-17(2)19-7-9-20(10-8-19)25-24(26(32)35-13-12-33-4)18(3)29-27-30(25)21(16-36-27)14-23(31)28-15-22-6-5-11-34-22/h5-11,16-17,25H,12-15H2,1-4H3,(H,28,31). The molecular formula is C27H31N3O5S. The van der Waals surface area contributed by atoms with Crippen molar-refractivity contribution in [2.75, 3.05) is 20.3 Å². The van der Waals surface area contributed by atoms with Crippen LogP contribution in [0.25, 0.3) is 0 Å². The summed E-state index contributed by atoms with van der Waals surface area (Å²) in [6.45, 7) is 6.87. The second-order valence-electron chi connectivity index (χ2n) is 8.88. The van der Waals surface area contributed by atoms with Crippen molar-refractivity contribution in [1.29, 1.82) is 0 Å². The van der Waals surface area contributed by atoms with Crippen molar-refractivity contribution in [1.82, 2.24) is 10.2 Å². The van der Waals surface area contributed by atoms with E-state index in [2.05, 4.69) is 31.3 Å². The SMILES string of the molecule is COCCOC(=O)C1=C(C)N=C2SC=C(CC(=O)NCc3ccco3)N2C1c1ccc(C(C)C)cc1. The summed E-state index contributed by atoms with van der Waals surface area (Å²) in [4.78, 5) is 32.7. The largest absolute Gasteiger partial charge is 0.467 e. The van der Waals surface area contributed by atoms with Crippen LogP contribution in [0.2, 0.25) is 0 Å². The molecule has 4 rings (SSSR count). The first kappa shape index (κ1) is 25.8. The van der Waals surface area contributed by atoms with Gasteiger partial charge in [0.15, 0.2) is 5.17 Å². The smallest absolute Gasteiger partial charge is 0.338 e. The number of hydrogen-bond donors (Lipinski definition) is 1. The van der Waals surface area contributed by atoms with Gasteiger partial charge in [0.1, 0.15) is 12.4 Å². The first-order valence-electron chi connectivity index (χ1n) is 11.9. The average Bonchev–Trinajstić information content (AvgIpc) is 3.52. The Morgan fingerprint density at radius 3 is 2.64 bits per heavy atom. The monoisotopic (exact) mass is 509 g/mol. The number of nitrogens with zero attached hydrogens (tertiary/aromatic N) is 2. The van der Waals surface area contributed by atoms with Gasteiger partial charge < -0.3 is 24.1 Å². The number of aliphatic imine (C=N–C) groups is 1. The van der Waals surface area contributed by atoms with Crippen LogP contribution in [0.15, 0.2) is 74.4 Å². The average molecular weight is 510 g/mol. The Morgan fingerprint density at radius 2 is 1.97 bits per heavy atom. The van der Waals surface area contributed by atoms with Gasteiger partial charge in [-0.2, -0.15) is 0 Å². The summed E-state index contributed by atoms with van der Waals surface area (Å²) >= 11 is 1.45. The number of furan rings is 1. The molecule has 1 amide bonds.